The Hall–Kier alpha value is -2.22. The minimum atomic E-state index is -0.771. The van der Waals surface area contributed by atoms with Gasteiger partial charge in [0, 0.05) is 24.3 Å². The summed E-state index contributed by atoms with van der Waals surface area (Å²) in [6.07, 6.45) is -0.771. The maximum atomic E-state index is 10.2. The first-order chi connectivity index (χ1) is 11.3. The third-order valence-electron chi connectivity index (χ3n) is 3.74. The minimum Gasteiger partial charge on any atom is -0.374 e. The lowest BCUT2D eigenvalue weighted by Crippen LogP contribution is -2.40. The van der Waals surface area contributed by atoms with Crippen LogP contribution in [0.25, 0.3) is 0 Å². The van der Waals surface area contributed by atoms with Gasteiger partial charge in [-0.15, -0.1) is 0 Å². The monoisotopic (exact) mass is 328 g/mol. The first kappa shape index (κ1) is 16.6. The van der Waals surface area contributed by atoms with Crippen LogP contribution >= 0.6 is 0 Å². The molecule has 0 saturated heterocycles. The first-order valence-electron chi connectivity index (χ1n) is 8.00. The minimum absolute atomic E-state index is 0.371. The van der Waals surface area contributed by atoms with Crippen LogP contribution in [-0.4, -0.2) is 27.2 Å². The van der Waals surface area contributed by atoms with Crippen LogP contribution in [0.15, 0.2) is 24.3 Å². The Morgan fingerprint density at radius 3 is 2.88 bits per heavy atom. The number of anilines is 3. The molecule has 1 unspecified atom stereocenters. The van der Waals surface area contributed by atoms with E-state index in [9.17, 15) is 5.11 Å². The zero-order chi connectivity index (χ0) is 17.3. The summed E-state index contributed by atoms with van der Waals surface area (Å²) >= 11 is 0. The number of hydrogen-bond acceptors (Lipinski definition) is 7. The fourth-order valence-electron chi connectivity index (χ4n) is 2.57. The number of aryl methyl sites for hydroxylation is 1. The van der Waals surface area contributed by atoms with Crippen molar-refractivity contribution in [3.05, 3.63) is 41.1 Å². The molecule has 0 aliphatic carbocycles. The summed E-state index contributed by atoms with van der Waals surface area (Å²) in [5.41, 5.74) is 9.17. The quantitative estimate of drug-likeness (QED) is 0.569. The molecule has 128 valence electrons. The Balaban J connectivity index is 1.92. The summed E-state index contributed by atoms with van der Waals surface area (Å²) in [5.74, 6) is 1.10. The number of benzene rings is 1. The van der Waals surface area contributed by atoms with Gasteiger partial charge in [0.15, 0.2) is 0 Å². The van der Waals surface area contributed by atoms with Crippen LogP contribution < -0.4 is 21.7 Å². The van der Waals surface area contributed by atoms with Gasteiger partial charge in [0.2, 0.25) is 5.95 Å². The summed E-state index contributed by atoms with van der Waals surface area (Å²) in [6.45, 7) is 6.95. The summed E-state index contributed by atoms with van der Waals surface area (Å²) in [4.78, 5) is 9.02. The van der Waals surface area contributed by atoms with Crippen LogP contribution in [0.1, 0.15) is 36.9 Å². The second kappa shape index (κ2) is 6.35. The van der Waals surface area contributed by atoms with Gasteiger partial charge >= 0.3 is 0 Å². The number of hydrogen-bond donors (Lipinski definition) is 5. The molecule has 0 spiro atoms. The van der Waals surface area contributed by atoms with Crippen molar-refractivity contribution in [2.45, 2.75) is 39.1 Å². The molecule has 1 atom stereocenters. The highest BCUT2D eigenvalue weighted by Gasteiger charge is 2.27. The number of rotatable bonds is 5. The first-order valence-corrected chi connectivity index (χ1v) is 8.00. The number of nitrogens with one attached hydrogen (secondary N) is 3. The van der Waals surface area contributed by atoms with Crippen LogP contribution in [0, 0.1) is 6.92 Å². The third-order valence-corrected chi connectivity index (χ3v) is 3.74. The van der Waals surface area contributed by atoms with Crippen molar-refractivity contribution < 1.29 is 5.11 Å². The van der Waals surface area contributed by atoms with E-state index in [1.54, 1.807) is 0 Å². The molecular formula is C17H24N6O. The number of aliphatic hydroxyl groups is 1. The normalized spacial score (nSPS) is 16.8. The smallest absolute Gasteiger partial charge is 0.225 e. The van der Waals surface area contributed by atoms with Crippen LogP contribution in [0.2, 0.25) is 0 Å². The number of aliphatic hydroxyl groups excluding tert-OH is 1. The van der Waals surface area contributed by atoms with Crippen LogP contribution in [-0.2, 0) is 6.54 Å². The van der Waals surface area contributed by atoms with Crippen molar-refractivity contribution in [2.24, 2.45) is 5.73 Å². The molecule has 2 heterocycles. The second-order valence-corrected chi connectivity index (χ2v) is 6.88. The summed E-state index contributed by atoms with van der Waals surface area (Å²) in [6, 6.07) is 8.00. The van der Waals surface area contributed by atoms with E-state index in [1.807, 2.05) is 45.0 Å². The second-order valence-electron chi connectivity index (χ2n) is 6.88. The van der Waals surface area contributed by atoms with Gasteiger partial charge in [0.1, 0.15) is 12.0 Å². The number of aromatic nitrogens is 2. The molecule has 7 heteroatoms. The van der Waals surface area contributed by atoms with E-state index in [2.05, 4.69) is 25.9 Å². The van der Waals surface area contributed by atoms with Gasteiger partial charge in [-0.2, -0.15) is 4.98 Å². The number of fused-ring (bicyclic) bond motifs is 1. The Morgan fingerprint density at radius 2 is 2.17 bits per heavy atom. The Morgan fingerprint density at radius 1 is 1.38 bits per heavy atom. The lowest BCUT2D eigenvalue weighted by molar-refractivity contribution is 0.152. The predicted molar refractivity (Wildman–Crippen MR) is 95.0 cm³/mol. The molecule has 2 aromatic rings. The fraction of sp³-hybridized carbons (Fsp3) is 0.412. The third kappa shape index (κ3) is 3.81. The highest BCUT2D eigenvalue weighted by molar-refractivity contribution is 5.63. The summed E-state index contributed by atoms with van der Waals surface area (Å²) in [5, 5.41) is 19.6. The van der Waals surface area contributed by atoms with E-state index in [-0.39, 0.29) is 5.54 Å². The van der Waals surface area contributed by atoms with Gasteiger partial charge in [-0.05, 0) is 38.5 Å². The molecule has 1 aromatic carbocycles. The van der Waals surface area contributed by atoms with Gasteiger partial charge in [-0.25, -0.2) is 4.98 Å². The molecule has 0 amide bonds. The largest absolute Gasteiger partial charge is 0.374 e. The standard InChI is InChI=1S/C17H24N6O/c1-10-5-4-6-11(7-10)21-14-13-12(8-19-15(13)24)22-16(23-14)20-9-17(2,3)18/h4-7,15,19,24H,8-9,18H2,1-3H3,(H2,20,21,22,23). The van der Waals surface area contributed by atoms with Crippen molar-refractivity contribution in [1.82, 2.24) is 15.3 Å². The van der Waals surface area contributed by atoms with Gasteiger partial charge in [0.05, 0.1) is 11.3 Å². The molecule has 0 bridgehead atoms. The SMILES string of the molecule is Cc1cccc(Nc2nc(NCC(C)(C)N)nc3c2C(O)NC3)c1. The number of nitrogens with two attached hydrogens (primary N) is 1. The predicted octanol–water partition coefficient (Wildman–Crippen LogP) is 1.77. The van der Waals surface area contributed by atoms with Gasteiger partial charge < -0.3 is 21.5 Å². The van der Waals surface area contributed by atoms with E-state index in [0.29, 0.717) is 30.4 Å². The van der Waals surface area contributed by atoms with Gasteiger partial charge in [0.25, 0.3) is 0 Å². The van der Waals surface area contributed by atoms with E-state index in [4.69, 9.17) is 5.73 Å². The van der Waals surface area contributed by atoms with Crippen molar-refractivity contribution in [1.29, 1.82) is 0 Å². The molecule has 1 aliphatic rings. The molecule has 1 aromatic heterocycles. The van der Waals surface area contributed by atoms with Crippen molar-refractivity contribution in [3.63, 3.8) is 0 Å². The average Bonchev–Trinajstić information content (AvgIpc) is 2.86. The molecule has 6 N–H and O–H groups in total. The van der Waals surface area contributed by atoms with E-state index < -0.39 is 6.23 Å². The molecule has 0 saturated carbocycles. The van der Waals surface area contributed by atoms with Crippen molar-refractivity contribution in [3.8, 4) is 0 Å². The molecule has 3 rings (SSSR count). The van der Waals surface area contributed by atoms with Crippen LogP contribution in [0.5, 0.6) is 0 Å². The zero-order valence-electron chi connectivity index (χ0n) is 14.2. The maximum Gasteiger partial charge on any atom is 0.225 e. The molecular weight excluding hydrogens is 304 g/mol. The molecule has 0 fully saturated rings. The maximum absolute atomic E-state index is 10.2. The Bertz CT molecular complexity index is 740. The Labute approximate surface area is 141 Å². The lowest BCUT2D eigenvalue weighted by atomic mass is 10.1. The van der Waals surface area contributed by atoms with Crippen molar-refractivity contribution in [2.75, 3.05) is 17.2 Å². The van der Waals surface area contributed by atoms with E-state index in [1.165, 1.54) is 0 Å². The van der Waals surface area contributed by atoms with E-state index >= 15 is 0 Å². The molecule has 1 aliphatic heterocycles. The van der Waals surface area contributed by atoms with Gasteiger partial charge in [-0.3, -0.25) is 5.32 Å². The van der Waals surface area contributed by atoms with Gasteiger partial charge in [-0.1, -0.05) is 12.1 Å². The Kier molecular flexibility index (Phi) is 4.40. The summed E-state index contributed by atoms with van der Waals surface area (Å²) in [7, 11) is 0. The fourth-order valence-corrected chi connectivity index (χ4v) is 2.57. The highest BCUT2D eigenvalue weighted by Crippen LogP contribution is 2.31. The van der Waals surface area contributed by atoms with Crippen LogP contribution in [0.4, 0.5) is 17.5 Å². The summed E-state index contributed by atoms with van der Waals surface area (Å²) < 4.78 is 0. The molecule has 0 radical (unpaired) electrons. The van der Waals surface area contributed by atoms with Crippen molar-refractivity contribution >= 4 is 17.5 Å². The lowest BCUT2D eigenvalue weighted by Gasteiger charge is -2.20. The average molecular weight is 328 g/mol. The molecule has 7 nitrogen and oxygen atoms in total. The van der Waals surface area contributed by atoms with E-state index in [0.717, 1.165) is 16.9 Å². The zero-order valence-corrected chi connectivity index (χ0v) is 14.2. The molecule has 24 heavy (non-hydrogen) atoms. The highest BCUT2D eigenvalue weighted by atomic mass is 16.3. The number of nitrogens with zero attached hydrogens (tertiary/aromatic N) is 2. The van der Waals surface area contributed by atoms with Crippen LogP contribution in [0.3, 0.4) is 0 Å². The topological polar surface area (TPSA) is 108 Å².